The molecule has 5 N–H and O–H groups in total. The molecular formula is C9H20N2O8P2. The van der Waals surface area contributed by atoms with Crippen LogP contribution in [-0.2, 0) is 13.9 Å². The first kappa shape index (κ1) is 18.7. The van der Waals surface area contributed by atoms with Gasteiger partial charge in [0, 0.05) is 6.54 Å². The average molecular weight is 346 g/mol. The van der Waals surface area contributed by atoms with Gasteiger partial charge in [0.05, 0.1) is 31.6 Å². The summed E-state index contributed by atoms with van der Waals surface area (Å²) < 4.78 is 27.2. The number of aliphatic hydroxyl groups is 1. The summed E-state index contributed by atoms with van der Waals surface area (Å²) in [6.07, 6.45) is 0. The maximum absolute atomic E-state index is 11.1. The molecule has 0 aliphatic carbocycles. The van der Waals surface area contributed by atoms with Gasteiger partial charge in [-0.05, 0) is 13.8 Å². The second-order valence-electron chi connectivity index (χ2n) is 4.85. The molecule has 0 amide bonds. The lowest BCUT2D eigenvalue weighted by molar-refractivity contribution is 0.0112. The van der Waals surface area contributed by atoms with E-state index >= 15 is 0 Å². The number of hydrogen-bond donors (Lipinski definition) is 5. The predicted molar refractivity (Wildman–Crippen MR) is 74.0 cm³/mol. The monoisotopic (exact) mass is 346 g/mol. The molecule has 0 aromatic rings. The summed E-state index contributed by atoms with van der Waals surface area (Å²) >= 11 is 0. The van der Waals surface area contributed by atoms with Gasteiger partial charge in [0.25, 0.3) is 5.08 Å². The van der Waals surface area contributed by atoms with Crippen LogP contribution in [0.25, 0.3) is 0 Å². The molecule has 0 bridgehead atoms. The Kier molecular flexibility index (Phi) is 5.74. The van der Waals surface area contributed by atoms with Crippen LogP contribution in [0.15, 0.2) is 4.99 Å². The third-order valence-corrected chi connectivity index (χ3v) is 6.90. The summed E-state index contributed by atoms with van der Waals surface area (Å²) in [5, 5.41) is 6.09. The van der Waals surface area contributed by atoms with E-state index in [4.69, 9.17) is 24.3 Å². The van der Waals surface area contributed by atoms with Gasteiger partial charge >= 0.3 is 15.2 Å². The van der Waals surface area contributed by atoms with Crippen molar-refractivity contribution in [2.45, 2.75) is 25.0 Å². The quantitative estimate of drug-likeness (QED) is 0.369. The Hall–Kier alpha value is -0.310. The molecule has 0 spiro atoms. The third kappa shape index (κ3) is 4.12. The smallest absolute Gasteiger partial charge is 0.371 e. The first-order valence-electron chi connectivity index (χ1n) is 6.09. The molecule has 10 nitrogen and oxygen atoms in total. The minimum atomic E-state index is -5.48. The van der Waals surface area contributed by atoms with Crippen LogP contribution in [0.2, 0.25) is 0 Å². The molecule has 1 unspecified atom stereocenters. The van der Waals surface area contributed by atoms with E-state index in [2.05, 4.69) is 4.99 Å². The summed E-state index contributed by atoms with van der Waals surface area (Å²) in [6.45, 7) is 3.61. The fourth-order valence-electron chi connectivity index (χ4n) is 1.91. The van der Waals surface area contributed by atoms with Crippen molar-refractivity contribution < 1.29 is 38.5 Å². The maximum Gasteiger partial charge on any atom is 0.371 e. The van der Waals surface area contributed by atoms with Crippen molar-refractivity contribution in [2.75, 3.05) is 26.3 Å². The van der Waals surface area contributed by atoms with Crippen LogP contribution in [0, 0.1) is 0 Å². The van der Waals surface area contributed by atoms with Crippen LogP contribution in [-0.4, -0.2) is 72.8 Å². The predicted octanol–water partition coefficient (Wildman–Crippen LogP) is -0.873. The lowest BCUT2D eigenvalue weighted by Crippen LogP contribution is -2.40. The van der Waals surface area contributed by atoms with Crippen molar-refractivity contribution in [1.82, 2.24) is 4.90 Å². The normalized spacial score (nSPS) is 18.8. The van der Waals surface area contributed by atoms with E-state index in [1.807, 2.05) is 4.90 Å². The zero-order chi connectivity index (χ0) is 16.5. The van der Waals surface area contributed by atoms with Crippen molar-refractivity contribution in [3.05, 3.63) is 0 Å². The number of nitrogens with zero attached hydrogens (tertiary/aromatic N) is 2. The molecule has 0 aromatic heterocycles. The van der Waals surface area contributed by atoms with Crippen molar-refractivity contribution in [3.8, 4) is 0 Å². The Morgan fingerprint density at radius 2 is 1.86 bits per heavy atom. The zero-order valence-corrected chi connectivity index (χ0v) is 13.4. The van der Waals surface area contributed by atoms with Crippen LogP contribution in [0.5, 0.6) is 0 Å². The van der Waals surface area contributed by atoms with Gasteiger partial charge in [0.1, 0.15) is 0 Å². The molecule has 1 aliphatic heterocycles. The highest BCUT2D eigenvalue weighted by atomic mass is 31.2. The van der Waals surface area contributed by atoms with Crippen molar-refractivity contribution in [1.29, 1.82) is 0 Å². The van der Waals surface area contributed by atoms with E-state index in [1.165, 1.54) is 0 Å². The van der Waals surface area contributed by atoms with Gasteiger partial charge in [0.2, 0.25) is 0 Å². The second-order valence-corrected chi connectivity index (χ2v) is 8.86. The van der Waals surface area contributed by atoms with Crippen molar-refractivity contribution in [2.24, 2.45) is 4.99 Å². The lowest BCUT2D eigenvalue weighted by atomic mass is 10.3. The molecule has 1 atom stereocenters. The van der Waals surface area contributed by atoms with Gasteiger partial charge in [0.15, 0.2) is 0 Å². The van der Waals surface area contributed by atoms with E-state index in [0.717, 1.165) is 5.84 Å². The summed E-state index contributed by atoms with van der Waals surface area (Å²) in [4.78, 5) is 41.8. The number of hydrogen-bond acceptors (Lipinski definition) is 6. The standard InChI is InChI=1S/C9H20N2O8P2/c1-7(11-4-3-10-8(11)2)5-19-6-9(12,20(13,14)15)21(16,17)18/h7,12H,3-6H2,1-2H3,(H2,13,14,15)(H2,16,17,18). The van der Waals surface area contributed by atoms with Gasteiger partial charge in [-0.2, -0.15) is 0 Å². The largest absolute Gasteiger partial charge is 0.375 e. The summed E-state index contributed by atoms with van der Waals surface area (Å²) in [6, 6.07) is -0.214. The van der Waals surface area contributed by atoms with Gasteiger partial charge in [-0.25, -0.2) is 0 Å². The highest BCUT2D eigenvalue weighted by Gasteiger charge is 2.59. The fourth-order valence-corrected chi connectivity index (χ4v) is 3.78. The molecule has 124 valence electrons. The molecule has 1 heterocycles. The summed E-state index contributed by atoms with van der Waals surface area (Å²) in [5.74, 6) is 0.784. The van der Waals surface area contributed by atoms with Gasteiger partial charge in [-0.3, -0.25) is 14.1 Å². The number of aliphatic imine (C=N–C) groups is 1. The van der Waals surface area contributed by atoms with E-state index in [9.17, 15) is 14.2 Å². The molecule has 0 fully saturated rings. The van der Waals surface area contributed by atoms with E-state index in [-0.39, 0.29) is 12.6 Å². The Morgan fingerprint density at radius 3 is 2.24 bits per heavy atom. The molecule has 1 rings (SSSR count). The first-order chi connectivity index (χ1) is 9.40. The number of ether oxygens (including phenoxy) is 1. The molecule has 21 heavy (non-hydrogen) atoms. The second kappa shape index (κ2) is 6.44. The third-order valence-electron chi connectivity index (χ3n) is 3.22. The number of rotatable bonds is 7. The molecule has 0 radical (unpaired) electrons. The van der Waals surface area contributed by atoms with E-state index < -0.39 is 26.9 Å². The number of amidine groups is 1. The first-order valence-corrected chi connectivity index (χ1v) is 9.32. The van der Waals surface area contributed by atoms with Crippen LogP contribution in [0.3, 0.4) is 0 Å². The topological polar surface area (TPSA) is 160 Å². The zero-order valence-electron chi connectivity index (χ0n) is 11.7. The summed E-state index contributed by atoms with van der Waals surface area (Å²) in [5.41, 5.74) is 0. The molecule has 0 saturated heterocycles. The minimum Gasteiger partial charge on any atom is -0.375 e. The Balaban J connectivity index is 2.66. The van der Waals surface area contributed by atoms with Crippen LogP contribution >= 0.6 is 15.2 Å². The van der Waals surface area contributed by atoms with Gasteiger partial charge in [-0.15, -0.1) is 0 Å². The van der Waals surface area contributed by atoms with Gasteiger partial charge < -0.3 is 34.3 Å². The maximum atomic E-state index is 11.1. The average Bonchev–Trinajstić information content (AvgIpc) is 2.72. The Bertz CT molecular complexity index is 476. The van der Waals surface area contributed by atoms with Crippen LogP contribution in [0.1, 0.15) is 13.8 Å². The molecule has 0 saturated carbocycles. The van der Waals surface area contributed by atoms with Gasteiger partial charge in [-0.1, -0.05) is 0 Å². The van der Waals surface area contributed by atoms with Crippen LogP contribution < -0.4 is 0 Å². The molecule has 0 aromatic carbocycles. The summed E-state index contributed by atoms with van der Waals surface area (Å²) in [7, 11) is -11.0. The molecule has 1 aliphatic rings. The van der Waals surface area contributed by atoms with E-state index in [0.29, 0.717) is 13.1 Å². The van der Waals surface area contributed by atoms with Crippen molar-refractivity contribution >= 4 is 21.0 Å². The highest BCUT2D eigenvalue weighted by molar-refractivity contribution is 7.72. The SMILES string of the molecule is CC1=NCCN1C(C)COCC(O)(P(=O)(O)O)P(=O)(O)O. The van der Waals surface area contributed by atoms with Crippen molar-refractivity contribution in [3.63, 3.8) is 0 Å². The Labute approximate surface area is 121 Å². The fraction of sp³-hybridized carbons (Fsp3) is 0.889. The molecule has 12 heteroatoms. The molecular weight excluding hydrogens is 326 g/mol. The lowest BCUT2D eigenvalue weighted by Gasteiger charge is -2.31. The van der Waals surface area contributed by atoms with Crippen LogP contribution in [0.4, 0.5) is 0 Å². The van der Waals surface area contributed by atoms with E-state index in [1.54, 1.807) is 13.8 Å². The Morgan fingerprint density at radius 1 is 1.33 bits per heavy atom. The minimum absolute atomic E-state index is 0.0742. The highest BCUT2D eigenvalue weighted by Crippen LogP contribution is 2.67.